The van der Waals surface area contributed by atoms with Crippen LogP contribution >= 0.6 is 0 Å². The fourth-order valence-electron chi connectivity index (χ4n) is 1.63. The summed E-state index contributed by atoms with van der Waals surface area (Å²) in [6, 6.07) is 8.07. The number of benzene rings is 1. The summed E-state index contributed by atoms with van der Waals surface area (Å²) in [4.78, 5) is 0. The Labute approximate surface area is 106 Å². The molecule has 0 aliphatic carbocycles. The SMILES string of the molecule is Cc1nonc1COc1ccc(CC(C)N)cc1. The highest BCUT2D eigenvalue weighted by molar-refractivity contribution is 5.28. The van der Waals surface area contributed by atoms with Crippen LogP contribution in [0.5, 0.6) is 5.75 Å². The Hall–Kier alpha value is -1.88. The number of hydrogen-bond acceptors (Lipinski definition) is 5. The van der Waals surface area contributed by atoms with Crippen LogP contribution < -0.4 is 10.5 Å². The highest BCUT2D eigenvalue weighted by atomic mass is 16.6. The number of ether oxygens (including phenoxy) is 1. The number of nitrogens with two attached hydrogens (primary N) is 1. The largest absolute Gasteiger partial charge is 0.487 e. The number of nitrogens with zero attached hydrogens (tertiary/aromatic N) is 2. The molecule has 0 saturated heterocycles. The summed E-state index contributed by atoms with van der Waals surface area (Å²) >= 11 is 0. The first-order valence-electron chi connectivity index (χ1n) is 5.90. The fourth-order valence-corrected chi connectivity index (χ4v) is 1.63. The first kappa shape index (κ1) is 12.6. The lowest BCUT2D eigenvalue weighted by Crippen LogP contribution is -2.17. The Bertz CT molecular complexity index is 491. The van der Waals surface area contributed by atoms with Gasteiger partial charge < -0.3 is 10.5 Å². The minimum atomic E-state index is 0.167. The molecule has 0 aliphatic rings. The Balaban J connectivity index is 1.92. The molecular formula is C13H17N3O2. The normalized spacial score (nSPS) is 12.4. The van der Waals surface area contributed by atoms with Crippen molar-refractivity contribution in [1.82, 2.24) is 10.3 Å². The average Bonchev–Trinajstić information content (AvgIpc) is 2.73. The molecule has 2 N–H and O–H groups in total. The van der Waals surface area contributed by atoms with Gasteiger partial charge in [0.05, 0.1) is 0 Å². The third-order valence-corrected chi connectivity index (χ3v) is 2.60. The van der Waals surface area contributed by atoms with Gasteiger partial charge in [-0.05, 0) is 38.0 Å². The summed E-state index contributed by atoms with van der Waals surface area (Å²) < 4.78 is 10.2. The highest BCUT2D eigenvalue weighted by Gasteiger charge is 2.05. The molecule has 5 heteroatoms. The van der Waals surface area contributed by atoms with Crippen LogP contribution in [0.15, 0.2) is 28.9 Å². The van der Waals surface area contributed by atoms with Gasteiger partial charge in [0.1, 0.15) is 23.7 Å². The average molecular weight is 247 g/mol. The molecule has 0 amide bonds. The monoisotopic (exact) mass is 247 g/mol. The van der Waals surface area contributed by atoms with Gasteiger partial charge in [-0.3, -0.25) is 0 Å². The Morgan fingerprint density at radius 1 is 1.28 bits per heavy atom. The van der Waals surface area contributed by atoms with E-state index in [1.165, 1.54) is 5.56 Å². The summed E-state index contributed by atoms with van der Waals surface area (Å²) in [5.41, 5.74) is 8.42. The standard InChI is InChI=1S/C13H17N3O2/c1-9(14)7-11-3-5-12(6-4-11)17-8-13-10(2)15-18-16-13/h3-6,9H,7-8,14H2,1-2H3. The quantitative estimate of drug-likeness (QED) is 0.872. The molecule has 0 bridgehead atoms. The van der Waals surface area contributed by atoms with E-state index >= 15 is 0 Å². The summed E-state index contributed by atoms with van der Waals surface area (Å²) in [6.45, 7) is 4.19. The number of aryl methyl sites for hydroxylation is 1. The van der Waals surface area contributed by atoms with Gasteiger partial charge in [-0.15, -0.1) is 0 Å². The van der Waals surface area contributed by atoms with Crippen LogP contribution in [0.4, 0.5) is 0 Å². The van der Waals surface area contributed by atoms with E-state index in [2.05, 4.69) is 14.9 Å². The molecule has 0 spiro atoms. The molecule has 0 saturated carbocycles. The molecular weight excluding hydrogens is 230 g/mol. The zero-order chi connectivity index (χ0) is 13.0. The van der Waals surface area contributed by atoms with Crippen molar-refractivity contribution >= 4 is 0 Å². The summed E-state index contributed by atoms with van der Waals surface area (Å²) in [5.74, 6) is 0.797. The molecule has 18 heavy (non-hydrogen) atoms. The highest BCUT2D eigenvalue weighted by Crippen LogP contribution is 2.15. The van der Waals surface area contributed by atoms with E-state index in [-0.39, 0.29) is 6.04 Å². The maximum absolute atomic E-state index is 5.75. The zero-order valence-electron chi connectivity index (χ0n) is 10.6. The molecule has 1 aromatic carbocycles. The van der Waals surface area contributed by atoms with E-state index in [1.807, 2.05) is 38.1 Å². The van der Waals surface area contributed by atoms with Crippen LogP contribution in [0.25, 0.3) is 0 Å². The van der Waals surface area contributed by atoms with Crippen LogP contribution in [0.2, 0.25) is 0 Å². The van der Waals surface area contributed by atoms with E-state index in [4.69, 9.17) is 10.5 Å². The maximum atomic E-state index is 5.75. The molecule has 2 aromatic rings. The second-order valence-electron chi connectivity index (χ2n) is 4.41. The van der Waals surface area contributed by atoms with Gasteiger partial charge in [-0.2, -0.15) is 0 Å². The minimum absolute atomic E-state index is 0.167. The van der Waals surface area contributed by atoms with Crippen molar-refractivity contribution in [3.05, 3.63) is 41.2 Å². The topological polar surface area (TPSA) is 74.2 Å². The third kappa shape index (κ3) is 3.30. The van der Waals surface area contributed by atoms with Gasteiger partial charge in [0.2, 0.25) is 0 Å². The Morgan fingerprint density at radius 3 is 2.56 bits per heavy atom. The maximum Gasteiger partial charge on any atom is 0.145 e. The van der Waals surface area contributed by atoms with Crippen molar-refractivity contribution in [1.29, 1.82) is 0 Å². The molecule has 96 valence electrons. The number of rotatable bonds is 5. The molecule has 0 radical (unpaired) electrons. The van der Waals surface area contributed by atoms with Crippen molar-refractivity contribution < 1.29 is 9.37 Å². The number of hydrogen-bond donors (Lipinski definition) is 1. The Morgan fingerprint density at radius 2 is 2.00 bits per heavy atom. The van der Waals surface area contributed by atoms with Gasteiger partial charge in [0.25, 0.3) is 0 Å². The van der Waals surface area contributed by atoms with Gasteiger partial charge in [0.15, 0.2) is 0 Å². The van der Waals surface area contributed by atoms with Crippen molar-refractivity contribution in [3.63, 3.8) is 0 Å². The van der Waals surface area contributed by atoms with Crippen LogP contribution in [0.1, 0.15) is 23.9 Å². The van der Waals surface area contributed by atoms with Crippen LogP contribution in [0.3, 0.4) is 0 Å². The second kappa shape index (κ2) is 5.64. The summed E-state index contributed by atoms with van der Waals surface area (Å²) in [7, 11) is 0. The van der Waals surface area contributed by atoms with Crippen molar-refractivity contribution in [3.8, 4) is 5.75 Å². The van der Waals surface area contributed by atoms with E-state index in [1.54, 1.807) is 0 Å². The summed E-state index contributed by atoms with van der Waals surface area (Å²) in [5, 5.41) is 7.46. The van der Waals surface area contributed by atoms with Crippen LogP contribution in [-0.4, -0.2) is 16.4 Å². The van der Waals surface area contributed by atoms with Gasteiger partial charge in [0, 0.05) is 6.04 Å². The zero-order valence-corrected chi connectivity index (χ0v) is 10.6. The fraction of sp³-hybridized carbons (Fsp3) is 0.385. The van der Waals surface area contributed by atoms with Crippen molar-refractivity contribution in [2.24, 2.45) is 5.73 Å². The first-order chi connectivity index (χ1) is 8.65. The van der Waals surface area contributed by atoms with Gasteiger partial charge in [-0.1, -0.05) is 22.4 Å². The lowest BCUT2D eigenvalue weighted by molar-refractivity contribution is 0.270. The van der Waals surface area contributed by atoms with Gasteiger partial charge in [-0.25, -0.2) is 4.63 Å². The van der Waals surface area contributed by atoms with E-state index in [0.29, 0.717) is 6.61 Å². The predicted molar refractivity (Wildman–Crippen MR) is 67.2 cm³/mol. The lowest BCUT2D eigenvalue weighted by Gasteiger charge is -2.07. The molecule has 1 aromatic heterocycles. The summed E-state index contributed by atoms with van der Waals surface area (Å²) in [6.07, 6.45) is 0.868. The molecule has 1 heterocycles. The lowest BCUT2D eigenvalue weighted by atomic mass is 10.1. The molecule has 2 rings (SSSR count). The smallest absolute Gasteiger partial charge is 0.145 e. The third-order valence-electron chi connectivity index (χ3n) is 2.60. The van der Waals surface area contributed by atoms with Crippen LogP contribution in [-0.2, 0) is 13.0 Å². The first-order valence-corrected chi connectivity index (χ1v) is 5.90. The van der Waals surface area contributed by atoms with E-state index in [9.17, 15) is 0 Å². The Kier molecular flexibility index (Phi) is 3.94. The van der Waals surface area contributed by atoms with E-state index in [0.717, 1.165) is 23.6 Å². The van der Waals surface area contributed by atoms with Gasteiger partial charge >= 0.3 is 0 Å². The van der Waals surface area contributed by atoms with Crippen molar-refractivity contribution in [2.45, 2.75) is 32.9 Å². The van der Waals surface area contributed by atoms with E-state index < -0.39 is 0 Å². The van der Waals surface area contributed by atoms with Crippen molar-refractivity contribution in [2.75, 3.05) is 0 Å². The molecule has 0 fully saturated rings. The molecule has 5 nitrogen and oxygen atoms in total. The molecule has 0 aliphatic heterocycles. The second-order valence-corrected chi connectivity index (χ2v) is 4.41. The predicted octanol–water partition coefficient (Wildman–Crippen LogP) is 1.85. The minimum Gasteiger partial charge on any atom is -0.487 e. The molecule has 1 atom stereocenters. The molecule has 1 unspecified atom stereocenters. The van der Waals surface area contributed by atoms with Crippen LogP contribution in [0, 0.1) is 6.92 Å². The number of aromatic nitrogens is 2.